The molecule has 0 aliphatic rings. The first-order valence-corrected chi connectivity index (χ1v) is 6.24. The molecule has 0 atom stereocenters. The van der Waals surface area contributed by atoms with Crippen molar-refractivity contribution in [3.63, 3.8) is 0 Å². The van der Waals surface area contributed by atoms with Crippen molar-refractivity contribution >= 4 is 5.82 Å². The first-order chi connectivity index (χ1) is 9.66. The number of aromatic amines is 1. The van der Waals surface area contributed by atoms with Gasteiger partial charge in [-0.2, -0.15) is 5.10 Å². The number of hydrogen-bond acceptors (Lipinski definition) is 3. The van der Waals surface area contributed by atoms with Gasteiger partial charge in [-0.1, -0.05) is 30.3 Å². The topological polar surface area (TPSA) is 76.7 Å². The van der Waals surface area contributed by atoms with E-state index < -0.39 is 0 Å². The van der Waals surface area contributed by atoms with E-state index in [1.165, 1.54) is 6.07 Å². The van der Waals surface area contributed by atoms with Gasteiger partial charge in [0.05, 0.1) is 5.56 Å². The van der Waals surface area contributed by atoms with Crippen LogP contribution < -0.4 is 11.3 Å². The van der Waals surface area contributed by atoms with Crippen LogP contribution in [0.5, 0.6) is 0 Å². The minimum atomic E-state index is -0.140. The zero-order chi connectivity index (χ0) is 14.1. The number of aromatic nitrogens is 3. The molecule has 5 heteroatoms. The number of anilines is 1. The van der Waals surface area contributed by atoms with Crippen LogP contribution >= 0.6 is 0 Å². The molecule has 0 saturated heterocycles. The quantitative estimate of drug-likeness (QED) is 0.745. The summed E-state index contributed by atoms with van der Waals surface area (Å²) in [6.45, 7) is 0. The molecule has 100 valence electrons. The zero-order valence-corrected chi connectivity index (χ0v) is 11.0. The number of nitrogens with one attached hydrogen (secondary N) is 1. The SMILES string of the molecule is Cn1nc(-c2ccc(=O)[nH]c2)c(-c2ccccc2)c1N. The van der Waals surface area contributed by atoms with E-state index in [1.54, 1.807) is 24.0 Å². The second kappa shape index (κ2) is 4.70. The highest BCUT2D eigenvalue weighted by atomic mass is 16.1. The van der Waals surface area contributed by atoms with E-state index in [0.29, 0.717) is 5.82 Å². The molecule has 0 radical (unpaired) electrons. The predicted molar refractivity (Wildman–Crippen MR) is 79.1 cm³/mol. The molecule has 2 heterocycles. The van der Waals surface area contributed by atoms with Crippen LogP contribution in [0.25, 0.3) is 22.4 Å². The average Bonchev–Trinajstić information content (AvgIpc) is 2.77. The molecule has 0 spiro atoms. The molecule has 0 amide bonds. The van der Waals surface area contributed by atoms with E-state index in [1.807, 2.05) is 30.3 Å². The fourth-order valence-electron chi connectivity index (χ4n) is 2.19. The molecule has 0 unspecified atom stereocenters. The van der Waals surface area contributed by atoms with Crippen LogP contribution in [-0.4, -0.2) is 14.8 Å². The molecular weight excluding hydrogens is 252 g/mol. The van der Waals surface area contributed by atoms with Crippen LogP contribution in [0.3, 0.4) is 0 Å². The van der Waals surface area contributed by atoms with Crippen LogP contribution in [-0.2, 0) is 7.05 Å². The number of aryl methyl sites for hydroxylation is 1. The van der Waals surface area contributed by atoms with E-state index >= 15 is 0 Å². The third-order valence-electron chi connectivity index (χ3n) is 3.21. The van der Waals surface area contributed by atoms with Crippen LogP contribution in [0.4, 0.5) is 5.82 Å². The second-order valence-corrected chi connectivity index (χ2v) is 4.54. The molecule has 0 saturated carbocycles. The minimum absolute atomic E-state index is 0.140. The molecule has 20 heavy (non-hydrogen) atoms. The minimum Gasteiger partial charge on any atom is -0.383 e. The highest BCUT2D eigenvalue weighted by molar-refractivity contribution is 5.87. The number of nitrogen functional groups attached to an aromatic ring is 1. The molecule has 5 nitrogen and oxygen atoms in total. The molecule has 1 aromatic carbocycles. The van der Waals surface area contributed by atoms with Gasteiger partial charge in [0.25, 0.3) is 0 Å². The first kappa shape index (κ1) is 12.2. The van der Waals surface area contributed by atoms with Gasteiger partial charge in [0.2, 0.25) is 5.56 Å². The Morgan fingerprint density at radius 2 is 1.85 bits per heavy atom. The van der Waals surface area contributed by atoms with Crippen molar-refractivity contribution in [2.24, 2.45) is 7.05 Å². The highest BCUT2D eigenvalue weighted by Gasteiger charge is 2.17. The average molecular weight is 266 g/mol. The summed E-state index contributed by atoms with van der Waals surface area (Å²) >= 11 is 0. The molecule has 0 fully saturated rings. The normalized spacial score (nSPS) is 10.7. The smallest absolute Gasteiger partial charge is 0.247 e. The first-order valence-electron chi connectivity index (χ1n) is 6.24. The lowest BCUT2D eigenvalue weighted by Gasteiger charge is -2.03. The fraction of sp³-hybridized carbons (Fsp3) is 0.0667. The van der Waals surface area contributed by atoms with E-state index in [-0.39, 0.29) is 5.56 Å². The lowest BCUT2D eigenvalue weighted by molar-refractivity contribution is 0.782. The maximum atomic E-state index is 11.2. The summed E-state index contributed by atoms with van der Waals surface area (Å²) in [5.41, 5.74) is 9.45. The van der Waals surface area contributed by atoms with Gasteiger partial charge in [-0.05, 0) is 11.6 Å². The maximum absolute atomic E-state index is 11.2. The van der Waals surface area contributed by atoms with E-state index in [4.69, 9.17) is 5.73 Å². The Morgan fingerprint density at radius 1 is 1.10 bits per heavy atom. The number of hydrogen-bond donors (Lipinski definition) is 2. The summed E-state index contributed by atoms with van der Waals surface area (Å²) in [5, 5.41) is 4.46. The summed E-state index contributed by atoms with van der Waals surface area (Å²) in [6.07, 6.45) is 1.65. The molecular formula is C15H14N4O. The zero-order valence-electron chi connectivity index (χ0n) is 11.0. The lowest BCUT2D eigenvalue weighted by Crippen LogP contribution is -2.01. The number of nitrogens with two attached hydrogens (primary N) is 1. The van der Waals surface area contributed by atoms with Crippen molar-refractivity contribution < 1.29 is 0 Å². The molecule has 3 rings (SSSR count). The third-order valence-corrected chi connectivity index (χ3v) is 3.21. The van der Waals surface area contributed by atoms with Crippen molar-refractivity contribution in [1.82, 2.24) is 14.8 Å². The molecule has 0 bridgehead atoms. The van der Waals surface area contributed by atoms with Crippen LogP contribution in [0.15, 0.2) is 53.5 Å². The number of nitrogens with zero attached hydrogens (tertiary/aromatic N) is 2. The standard InChI is InChI=1S/C15H14N4O/c1-19-15(16)13(10-5-3-2-4-6-10)14(18-19)11-7-8-12(20)17-9-11/h2-9H,16H2,1H3,(H,17,20). The van der Waals surface area contributed by atoms with Crippen molar-refractivity contribution in [2.75, 3.05) is 5.73 Å². The Labute approximate surface area is 115 Å². The Bertz CT molecular complexity index is 782. The maximum Gasteiger partial charge on any atom is 0.247 e. The summed E-state index contributed by atoms with van der Waals surface area (Å²) < 4.78 is 1.64. The Balaban J connectivity index is 2.24. The number of rotatable bonds is 2. The van der Waals surface area contributed by atoms with Gasteiger partial charge < -0.3 is 10.7 Å². The fourth-order valence-corrected chi connectivity index (χ4v) is 2.19. The van der Waals surface area contributed by atoms with Crippen molar-refractivity contribution in [1.29, 1.82) is 0 Å². The van der Waals surface area contributed by atoms with E-state index in [9.17, 15) is 4.79 Å². The molecule has 0 aliphatic heterocycles. The number of pyridine rings is 1. The molecule has 2 aromatic heterocycles. The number of H-pyrrole nitrogens is 1. The number of benzene rings is 1. The summed E-state index contributed by atoms with van der Waals surface area (Å²) in [6, 6.07) is 13.1. The Hall–Kier alpha value is -2.82. The summed E-state index contributed by atoms with van der Waals surface area (Å²) in [7, 11) is 1.80. The lowest BCUT2D eigenvalue weighted by atomic mass is 10.0. The molecule has 3 aromatic rings. The highest BCUT2D eigenvalue weighted by Crippen LogP contribution is 2.34. The monoisotopic (exact) mass is 266 g/mol. The summed E-state index contributed by atoms with van der Waals surface area (Å²) in [4.78, 5) is 13.8. The van der Waals surface area contributed by atoms with Gasteiger partial charge in [0, 0.05) is 24.9 Å². The second-order valence-electron chi connectivity index (χ2n) is 4.54. The van der Waals surface area contributed by atoms with Crippen molar-refractivity contribution in [2.45, 2.75) is 0 Å². The molecule has 0 aliphatic carbocycles. The van der Waals surface area contributed by atoms with E-state index in [2.05, 4.69) is 10.1 Å². The Kier molecular flexibility index (Phi) is 2.87. The van der Waals surface area contributed by atoms with Gasteiger partial charge in [-0.15, -0.1) is 0 Å². The molecule has 3 N–H and O–H groups in total. The third kappa shape index (κ3) is 1.99. The van der Waals surface area contributed by atoms with Gasteiger partial charge in [-0.25, -0.2) is 0 Å². The van der Waals surface area contributed by atoms with E-state index in [0.717, 1.165) is 22.4 Å². The van der Waals surface area contributed by atoms with Crippen LogP contribution in [0, 0.1) is 0 Å². The summed E-state index contributed by atoms with van der Waals surface area (Å²) in [5.74, 6) is 0.595. The Morgan fingerprint density at radius 3 is 2.50 bits per heavy atom. The van der Waals surface area contributed by atoms with Crippen LogP contribution in [0.1, 0.15) is 0 Å². The van der Waals surface area contributed by atoms with Gasteiger partial charge in [0.15, 0.2) is 0 Å². The van der Waals surface area contributed by atoms with Gasteiger partial charge in [0.1, 0.15) is 11.5 Å². The van der Waals surface area contributed by atoms with Gasteiger partial charge in [-0.3, -0.25) is 9.48 Å². The van der Waals surface area contributed by atoms with Gasteiger partial charge >= 0.3 is 0 Å². The van der Waals surface area contributed by atoms with Crippen molar-refractivity contribution in [3.05, 3.63) is 59.0 Å². The largest absolute Gasteiger partial charge is 0.383 e. The van der Waals surface area contributed by atoms with Crippen LogP contribution in [0.2, 0.25) is 0 Å². The predicted octanol–water partition coefficient (Wildman–Crippen LogP) is 2.02. The van der Waals surface area contributed by atoms with Crippen molar-refractivity contribution in [3.8, 4) is 22.4 Å².